The maximum Gasteiger partial charge on any atom is 0.332 e. The summed E-state index contributed by atoms with van der Waals surface area (Å²) in [6.07, 6.45) is -0.0101. The van der Waals surface area contributed by atoms with Crippen molar-refractivity contribution >= 4 is 22.3 Å². The predicted molar refractivity (Wildman–Crippen MR) is 66.8 cm³/mol. The van der Waals surface area contributed by atoms with Crippen molar-refractivity contribution in [3.8, 4) is 0 Å². The van der Waals surface area contributed by atoms with Crippen molar-refractivity contribution in [1.29, 1.82) is 0 Å². The normalized spacial score (nSPS) is 26.1. The molecule has 0 aliphatic carbocycles. The fraction of sp³-hybridized carbons (Fsp3) is 0.333. The van der Waals surface area contributed by atoms with Crippen molar-refractivity contribution in [2.45, 2.75) is 18.5 Å². The summed E-state index contributed by atoms with van der Waals surface area (Å²) < 4.78 is 24.7. The largest absolute Gasteiger partial charge is 0.480 e. The fourth-order valence-corrected chi connectivity index (χ4v) is 3.98. The van der Waals surface area contributed by atoms with E-state index in [2.05, 4.69) is 0 Å². The minimum atomic E-state index is -3.73. The van der Waals surface area contributed by atoms with Gasteiger partial charge >= 0.3 is 5.97 Å². The predicted octanol–water partition coefficient (Wildman–Crippen LogP) is 0.244. The Balaban J connectivity index is 2.43. The first kappa shape index (κ1) is 13.7. The summed E-state index contributed by atoms with van der Waals surface area (Å²) in [5.41, 5.74) is -1.34. The molecule has 7 heteroatoms. The summed E-state index contributed by atoms with van der Waals surface area (Å²) in [6, 6.07) is 8.59. The molecule has 1 atom stereocenters. The number of carboxylic acid groups (broad SMARTS) is 1. The van der Waals surface area contributed by atoms with Gasteiger partial charge in [0.1, 0.15) is 0 Å². The highest BCUT2D eigenvalue weighted by Gasteiger charge is 2.55. The average Bonchev–Trinajstić information content (AvgIpc) is 2.64. The minimum Gasteiger partial charge on any atom is -0.480 e. The summed E-state index contributed by atoms with van der Waals surface area (Å²) >= 11 is 0. The van der Waals surface area contributed by atoms with Gasteiger partial charge in [0.15, 0.2) is 11.8 Å². The van der Waals surface area contributed by atoms with Crippen LogP contribution in [0, 0.1) is 0 Å². The molecule has 1 fully saturated rings. The van der Waals surface area contributed by atoms with E-state index in [0.717, 1.165) is 4.31 Å². The van der Waals surface area contributed by atoms with Gasteiger partial charge in [-0.05, 0) is 12.0 Å². The zero-order valence-electron chi connectivity index (χ0n) is 10.0. The van der Waals surface area contributed by atoms with Gasteiger partial charge in [-0.2, -0.15) is 4.31 Å². The second-order valence-electron chi connectivity index (χ2n) is 4.41. The standard InChI is InChI=1S/C12H13NO5S/c14-9-12(11(15)16)6-7-19(17,18)13(12)8-10-4-2-1-3-5-10/h1-5,9H,6-8H2,(H,15,16). The highest BCUT2D eigenvalue weighted by atomic mass is 32.2. The topological polar surface area (TPSA) is 91.7 Å². The molecular formula is C12H13NO5S. The summed E-state index contributed by atoms with van der Waals surface area (Å²) in [4.78, 5) is 22.5. The minimum absolute atomic E-state index is 0.117. The van der Waals surface area contributed by atoms with E-state index in [1.54, 1.807) is 30.3 Å². The van der Waals surface area contributed by atoms with Crippen molar-refractivity contribution in [2.75, 3.05) is 5.75 Å². The van der Waals surface area contributed by atoms with Crippen molar-refractivity contribution < 1.29 is 23.1 Å². The van der Waals surface area contributed by atoms with Crippen LogP contribution in [0.2, 0.25) is 0 Å². The number of sulfonamides is 1. The SMILES string of the molecule is O=CC1(C(=O)O)CCS(=O)(=O)N1Cc1ccccc1. The molecule has 102 valence electrons. The molecule has 19 heavy (non-hydrogen) atoms. The lowest BCUT2D eigenvalue weighted by molar-refractivity contribution is -0.150. The summed E-state index contributed by atoms with van der Waals surface area (Å²) in [6.45, 7) is -0.117. The molecule has 1 aromatic rings. The van der Waals surface area contributed by atoms with Crippen molar-refractivity contribution in [2.24, 2.45) is 0 Å². The Hall–Kier alpha value is -1.73. The van der Waals surface area contributed by atoms with Gasteiger partial charge in [-0.3, -0.25) is 0 Å². The highest BCUT2D eigenvalue weighted by molar-refractivity contribution is 7.89. The number of benzene rings is 1. The number of carboxylic acids is 1. The van der Waals surface area contributed by atoms with Crippen molar-refractivity contribution in [3.05, 3.63) is 35.9 Å². The van der Waals surface area contributed by atoms with Crippen LogP contribution in [-0.2, 0) is 26.2 Å². The van der Waals surface area contributed by atoms with Gasteiger partial charge in [-0.1, -0.05) is 30.3 Å². The van der Waals surface area contributed by atoms with Crippen molar-refractivity contribution in [3.63, 3.8) is 0 Å². The smallest absolute Gasteiger partial charge is 0.332 e. The van der Waals surface area contributed by atoms with Gasteiger partial charge in [-0.25, -0.2) is 13.2 Å². The Bertz CT molecular complexity index is 598. The van der Waals surface area contributed by atoms with E-state index in [-0.39, 0.29) is 25.0 Å². The third-order valence-electron chi connectivity index (χ3n) is 3.26. The number of carbonyl (C=O) groups is 2. The maximum atomic E-state index is 11.9. The highest BCUT2D eigenvalue weighted by Crippen LogP contribution is 2.32. The van der Waals surface area contributed by atoms with Crippen LogP contribution in [0.15, 0.2) is 30.3 Å². The molecule has 0 radical (unpaired) electrons. The average molecular weight is 283 g/mol. The number of hydrogen-bond donors (Lipinski definition) is 1. The molecule has 1 unspecified atom stereocenters. The zero-order chi connectivity index (χ0) is 14.1. The van der Waals surface area contributed by atoms with E-state index in [1.165, 1.54) is 0 Å². The van der Waals surface area contributed by atoms with Gasteiger partial charge in [0.05, 0.1) is 5.75 Å². The molecule has 1 heterocycles. The van der Waals surface area contributed by atoms with Crippen LogP contribution in [0.3, 0.4) is 0 Å². The number of carbonyl (C=O) groups excluding carboxylic acids is 1. The quantitative estimate of drug-likeness (QED) is 0.631. The fourth-order valence-electron chi connectivity index (χ4n) is 2.14. The molecular weight excluding hydrogens is 270 g/mol. The molecule has 0 aromatic heterocycles. The Kier molecular flexibility index (Phi) is 3.42. The van der Waals surface area contributed by atoms with E-state index < -0.39 is 21.5 Å². The van der Waals surface area contributed by atoms with E-state index in [9.17, 15) is 23.1 Å². The number of hydrogen-bond acceptors (Lipinski definition) is 4. The van der Waals surface area contributed by atoms with Crippen LogP contribution < -0.4 is 0 Å². The summed E-state index contributed by atoms with van der Waals surface area (Å²) in [5.74, 6) is -1.76. The molecule has 1 saturated heterocycles. The van der Waals surface area contributed by atoms with Crippen LogP contribution in [0.4, 0.5) is 0 Å². The number of rotatable bonds is 4. The molecule has 0 bridgehead atoms. The molecule has 0 saturated carbocycles. The lowest BCUT2D eigenvalue weighted by atomic mass is 9.98. The van der Waals surface area contributed by atoms with Crippen LogP contribution in [-0.4, -0.2) is 41.4 Å². The first-order chi connectivity index (χ1) is 8.92. The van der Waals surface area contributed by atoms with Gasteiger partial charge in [0.25, 0.3) is 0 Å². The first-order valence-corrected chi connectivity index (χ1v) is 7.27. The molecule has 1 aromatic carbocycles. The Morgan fingerprint density at radius 2 is 2.00 bits per heavy atom. The molecule has 1 aliphatic rings. The Morgan fingerprint density at radius 1 is 1.37 bits per heavy atom. The van der Waals surface area contributed by atoms with E-state index in [4.69, 9.17) is 0 Å². The molecule has 0 amide bonds. The van der Waals surface area contributed by atoms with Crippen LogP contribution >= 0.6 is 0 Å². The molecule has 1 N–H and O–H groups in total. The maximum absolute atomic E-state index is 11.9. The second-order valence-corrected chi connectivity index (χ2v) is 6.42. The number of aldehydes is 1. The van der Waals surface area contributed by atoms with E-state index in [0.29, 0.717) is 5.56 Å². The zero-order valence-corrected chi connectivity index (χ0v) is 10.8. The van der Waals surface area contributed by atoms with E-state index >= 15 is 0 Å². The van der Waals surface area contributed by atoms with Crippen LogP contribution in [0.1, 0.15) is 12.0 Å². The summed E-state index contributed by atoms with van der Waals surface area (Å²) in [5, 5.41) is 9.21. The molecule has 6 nitrogen and oxygen atoms in total. The number of aliphatic carboxylic acids is 1. The monoisotopic (exact) mass is 283 g/mol. The second kappa shape index (κ2) is 4.75. The third-order valence-corrected chi connectivity index (χ3v) is 5.10. The summed E-state index contributed by atoms with van der Waals surface area (Å²) in [7, 11) is -3.73. The Morgan fingerprint density at radius 3 is 2.53 bits per heavy atom. The van der Waals surface area contributed by atoms with Crippen molar-refractivity contribution in [1.82, 2.24) is 4.31 Å². The first-order valence-electron chi connectivity index (χ1n) is 5.66. The molecule has 0 spiro atoms. The lowest BCUT2D eigenvalue weighted by Crippen LogP contribution is -2.52. The van der Waals surface area contributed by atoms with Crippen LogP contribution in [0.5, 0.6) is 0 Å². The third kappa shape index (κ3) is 2.26. The van der Waals surface area contributed by atoms with Gasteiger partial charge in [-0.15, -0.1) is 0 Å². The van der Waals surface area contributed by atoms with Gasteiger partial charge in [0.2, 0.25) is 10.0 Å². The van der Waals surface area contributed by atoms with E-state index in [1.807, 2.05) is 0 Å². The number of nitrogens with zero attached hydrogens (tertiary/aromatic N) is 1. The van der Waals surface area contributed by atoms with Crippen LogP contribution in [0.25, 0.3) is 0 Å². The molecule has 1 aliphatic heterocycles. The van der Waals surface area contributed by atoms with Gasteiger partial charge < -0.3 is 9.90 Å². The Labute approximate surface area is 110 Å². The lowest BCUT2D eigenvalue weighted by Gasteiger charge is -2.27. The molecule has 2 rings (SSSR count). The van der Waals surface area contributed by atoms with Gasteiger partial charge in [0, 0.05) is 6.54 Å².